The Labute approximate surface area is 97.7 Å². The van der Waals surface area contributed by atoms with Gasteiger partial charge in [0.25, 0.3) is 0 Å². The monoisotopic (exact) mass is 292 g/mol. The maximum Gasteiger partial charge on any atom is 0.150 e. The van der Waals surface area contributed by atoms with Gasteiger partial charge in [0.2, 0.25) is 0 Å². The number of hydrogen-bond acceptors (Lipinski definition) is 3. The van der Waals surface area contributed by atoms with Crippen molar-refractivity contribution in [2.24, 2.45) is 7.05 Å². The third kappa shape index (κ3) is 2.25. The van der Waals surface area contributed by atoms with Crippen molar-refractivity contribution in [3.8, 4) is 0 Å². The molecule has 1 saturated heterocycles. The van der Waals surface area contributed by atoms with Gasteiger partial charge in [-0.2, -0.15) is 5.10 Å². The van der Waals surface area contributed by atoms with E-state index in [9.17, 15) is 8.42 Å². The van der Waals surface area contributed by atoms with Gasteiger partial charge in [0, 0.05) is 13.0 Å². The third-order valence-corrected chi connectivity index (χ3v) is 5.21. The molecule has 84 valence electrons. The molecule has 1 fully saturated rings. The average molecular weight is 293 g/mol. The smallest absolute Gasteiger partial charge is 0.150 e. The minimum atomic E-state index is -2.78. The zero-order valence-corrected chi connectivity index (χ0v) is 10.9. The molecule has 0 atom stereocenters. The number of sulfone groups is 1. The van der Waals surface area contributed by atoms with Gasteiger partial charge in [-0.3, -0.25) is 4.68 Å². The summed E-state index contributed by atoms with van der Waals surface area (Å²) in [6.45, 7) is 0. The predicted molar refractivity (Wildman–Crippen MR) is 61.5 cm³/mol. The predicted octanol–water partition coefficient (Wildman–Crippen LogP) is 1.47. The second kappa shape index (κ2) is 3.90. The largest absolute Gasteiger partial charge is 0.271 e. The summed E-state index contributed by atoms with van der Waals surface area (Å²) in [4.78, 5) is 0. The highest BCUT2D eigenvalue weighted by Crippen LogP contribution is 2.33. The summed E-state index contributed by atoms with van der Waals surface area (Å²) >= 11 is 3.45. The van der Waals surface area contributed by atoms with Crippen LogP contribution in [0.2, 0.25) is 0 Å². The molecular weight excluding hydrogens is 280 g/mol. The fourth-order valence-corrected chi connectivity index (χ4v) is 4.21. The molecule has 0 amide bonds. The van der Waals surface area contributed by atoms with Gasteiger partial charge in [-0.1, -0.05) is 0 Å². The van der Waals surface area contributed by atoms with Crippen molar-refractivity contribution in [3.63, 3.8) is 0 Å². The van der Waals surface area contributed by atoms with Crippen molar-refractivity contribution >= 4 is 25.8 Å². The van der Waals surface area contributed by atoms with Crippen LogP contribution >= 0.6 is 15.9 Å². The van der Waals surface area contributed by atoms with Gasteiger partial charge in [0.15, 0.2) is 0 Å². The molecule has 0 unspecified atom stereocenters. The molecule has 1 aliphatic heterocycles. The van der Waals surface area contributed by atoms with Crippen LogP contribution in [0, 0.1) is 0 Å². The third-order valence-electron chi connectivity index (χ3n) is 2.88. The van der Waals surface area contributed by atoms with Crippen molar-refractivity contribution in [1.29, 1.82) is 0 Å². The van der Waals surface area contributed by atoms with Gasteiger partial charge >= 0.3 is 0 Å². The Hall–Kier alpha value is -0.360. The number of aromatic nitrogens is 2. The number of rotatable bonds is 1. The van der Waals surface area contributed by atoms with Gasteiger partial charge in [-0.25, -0.2) is 8.42 Å². The Morgan fingerprint density at radius 1 is 1.47 bits per heavy atom. The summed E-state index contributed by atoms with van der Waals surface area (Å²) in [5.41, 5.74) is 1.12. The molecule has 4 nitrogen and oxygen atoms in total. The van der Waals surface area contributed by atoms with Crippen LogP contribution in [-0.4, -0.2) is 29.7 Å². The van der Waals surface area contributed by atoms with E-state index in [4.69, 9.17) is 0 Å². The summed E-state index contributed by atoms with van der Waals surface area (Å²) in [5, 5.41) is 4.15. The van der Waals surface area contributed by atoms with E-state index in [0.29, 0.717) is 30.3 Å². The normalized spacial score (nSPS) is 21.7. The summed E-state index contributed by atoms with van der Waals surface area (Å²) < 4.78 is 25.4. The lowest BCUT2D eigenvalue weighted by molar-refractivity contribution is 0.526. The van der Waals surface area contributed by atoms with Crippen molar-refractivity contribution in [1.82, 2.24) is 9.78 Å². The quantitative estimate of drug-likeness (QED) is 0.788. The fraction of sp³-hybridized carbons (Fsp3) is 0.667. The van der Waals surface area contributed by atoms with Crippen molar-refractivity contribution in [2.45, 2.75) is 18.8 Å². The zero-order valence-electron chi connectivity index (χ0n) is 8.48. The molecule has 1 aromatic heterocycles. The minimum absolute atomic E-state index is 0.301. The number of hydrogen-bond donors (Lipinski definition) is 0. The molecule has 0 radical (unpaired) electrons. The second-order valence-electron chi connectivity index (χ2n) is 3.93. The molecular formula is C9H13BrN2O2S. The minimum Gasteiger partial charge on any atom is -0.271 e. The molecule has 15 heavy (non-hydrogen) atoms. The molecule has 2 heterocycles. The fourth-order valence-electron chi connectivity index (χ4n) is 2.04. The first-order valence-corrected chi connectivity index (χ1v) is 7.49. The lowest BCUT2D eigenvalue weighted by atomic mass is 9.99. The molecule has 0 bridgehead atoms. The van der Waals surface area contributed by atoms with E-state index in [1.54, 1.807) is 6.20 Å². The molecule has 6 heteroatoms. The number of nitrogens with zero attached hydrogens (tertiary/aromatic N) is 2. The van der Waals surface area contributed by atoms with E-state index in [2.05, 4.69) is 21.0 Å². The van der Waals surface area contributed by atoms with Crippen molar-refractivity contribution < 1.29 is 8.42 Å². The van der Waals surface area contributed by atoms with Crippen LogP contribution in [0.4, 0.5) is 0 Å². The van der Waals surface area contributed by atoms with Crippen LogP contribution in [0.5, 0.6) is 0 Å². The topological polar surface area (TPSA) is 52.0 Å². The van der Waals surface area contributed by atoms with E-state index in [1.165, 1.54) is 0 Å². The number of halogens is 1. The van der Waals surface area contributed by atoms with Gasteiger partial charge in [-0.15, -0.1) is 0 Å². The lowest BCUT2D eigenvalue weighted by Crippen LogP contribution is -2.23. The Bertz CT molecular complexity index is 433. The van der Waals surface area contributed by atoms with E-state index < -0.39 is 9.84 Å². The summed E-state index contributed by atoms with van der Waals surface area (Å²) in [7, 11) is -0.885. The maximum atomic E-state index is 11.3. The SMILES string of the molecule is Cn1ncc(Br)c1C1CCS(=O)(=O)CC1. The first-order chi connectivity index (χ1) is 6.99. The second-order valence-corrected chi connectivity index (χ2v) is 7.09. The van der Waals surface area contributed by atoms with Crippen molar-refractivity contribution in [3.05, 3.63) is 16.4 Å². The van der Waals surface area contributed by atoms with Gasteiger partial charge < -0.3 is 0 Å². The molecule has 0 spiro atoms. The first-order valence-electron chi connectivity index (χ1n) is 4.87. The van der Waals surface area contributed by atoms with Gasteiger partial charge in [0.05, 0.1) is 27.9 Å². The Kier molecular flexibility index (Phi) is 2.89. The lowest BCUT2D eigenvalue weighted by Gasteiger charge is -2.22. The van der Waals surface area contributed by atoms with E-state index >= 15 is 0 Å². The maximum absolute atomic E-state index is 11.3. The number of aryl methyl sites for hydroxylation is 1. The highest BCUT2D eigenvalue weighted by molar-refractivity contribution is 9.10. The van der Waals surface area contributed by atoms with Crippen LogP contribution in [0.3, 0.4) is 0 Å². The van der Waals surface area contributed by atoms with Crippen LogP contribution in [0.25, 0.3) is 0 Å². The van der Waals surface area contributed by atoms with Gasteiger partial charge in [0.1, 0.15) is 9.84 Å². The van der Waals surface area contributed by atoms with Crippen LogP contribution in [-0.2, 0) is 16.9 Å². The molecule has 2 rings (SSSR count). The Morgan fingerprint density at radius 2 is 2.07 bits per heavy atom. The van der Waals surface area contributed by atoms with Crippen LogP contribution in [0.15, 0.2) is 10.7 Å². The molecule has 0 aromatic carbocycles. The van der Waals surface area contributed by atoms with E-state index in [-0.39, 0.29) is 0 Å². The molecule has 1 aromatic rings. The van der Waals surface area contributed by atoms with Gasteiger partial charge in [-0.05, 0) is 28.8 Å². The zero-order chi connectivity index (χ0) is 11.1. The molecule has 1 aliphatic rings. The highest BCUT2D eigenvalue weighted by Gasteiger charge is 2.27. The summed E-state index contributed by atoms with van der Waals surface area (Å²) in [6.07, 6.45) is 3.18. The van der Waals surface area contributed by atoms with Crippen LogP contribution < -0.4 is 0 Å². The van der Waals surface area contributed by atoms with E-state index in [1.807, 2.05) is 11.7 Å². The molecule has 0 N–H and O–H groups in total. The first kappa shape index (κ1) is 11.1. The summed E-state index contributed by atoms with van der Waals surface area (Å²) in [6, 6.07) is 0. The van der Waals surface area contributed by atoms with Crippen LogP contribution in [0.1, 0.15) is 24.5 Å². The average Bonchev–Trinajstić information content (AvgIpc) is 2.48. The Morgan fingerprint density at radius 3 is 2.53 bits per heavy atom. The van der Waals surface area contributed by atoms with Crippen molar-refractivity contribution in [2.75, 3.05) is 11.5 Å². The molecule has 0 aliphatic carbocycles. The highest BCUT2D eigenvalue weighted by atomic mass is 79.9. The standard InChI is InChI=1S/C9H13BrN2O2S/c1-12-9(8(10)6-11-12)7-2-4-15(13,14)5-3-7/h6-7H,2-5H2,1H3. The van der Waals surface area contributed by atoms with E-state index in [0.717, 1.165) is 10.2 Å². The summed E-state index contributed by atoms with van der Waals surface area (Å²) in [5.74, 6) is 0.917. The molecule has 0 saturated carbocycles. The Balaban J connectivity index is 2.21.